The maximum Gasteiger partial charge on any atom is 0.247 e. The summed E-state index contributed by atoms with van der Waals surface area (Å²) in [6, 6.07) is 17.8. The molecule has 0 aliphatic carbocycles. The number of fused-ring (bicyclic) bond motifs is 3. The Balaban J connectivity index is 1.64. The van der Waals surface area contributed by atoms with E-state index in [-0.39, 0.29) is 35.0 Å². The highest BCUT2D eigenvalue weighted by atomic mass is 32.2. The van der Waals surface area contributed by atoms with Crippen molar-refractivity contribution in [3.63, 3.8) is 0 Å². The second-order valence-electron chi connectivity index (χ2n) is 8.38. The number of nitrogens with one attached hydrogen (secondary N) is 1. The minimum atomic E-state index is -3.89. The van der Waals surface area contributed by atoms with Crippen molar-refractivity contribution in [3.8, 4) is 16.9 Å². The van der Waals surface area contributed by atoms with Crippen molar-refractivity contribution in [1.82, 2.24) is 4.31 Å². The van der Waals surface area contributed by atoms with Gasteiger partial charge in [0, 0.05) is 23.7 Å². The molecule has 8 heteroatoms. The number of nitrogens with zero attached hydrogens (tertiary/aromatic N) is 1. The molecule has 5 rings (SSSR count). The van der Waals surface area contributed by atoms with E-state index >= 15 is 0 Å². The Kier molecular flexibility index (Phi) is 5.60. The smallest absolute Gasteiger partial charge is 0.247 e. The third kappa shape index (κ3) is 3.58. The van der Waals surface area contributed by atoms with Gasteiger partial charge in [0.15, 0.2) is 0 Å². The zero-order valence-electron chi connectivity index (χ0n) is 18.1. The van der Waals surface area contributed by atoms with Crippen LogP contribution in [0.4, 0.5) is 10.1 Å². The number of methoxy groups -OCH3 is 1. The predicted octanol–water partition coefficient (Wildman–Crippen LogP) is 4.04. The lowest BCUT2D eigenvalue weighted by Crippen LogP contribution is -2.42. The van der Waals surface area contributed by atoms with Crippen LogP contribution >= 0.6 is 0 Å². The molecule has 0 radical (unpaired) electrons. The molecular formula is C25H25FN2O4S. The van der Waals surface area contributed by atoms with Crippen molar-refractivity contribution in [2.24, 2.45) is 5.92 Å². The molecule has 0 unspecified atom stereocenters. The molecule has 3 aromatic rings. The fourth-order valence-corrected chi connectivity index (χ4v) is 6.93. The number of hydrogen-bond acceptors (Lipinski definition) is 5. The van der Waals surface area contributed by atoms with E-state index in [1.54, 1.807) is 42.5 Å². The third-order valence-corrected chi connectivity index (χ3v) is 8.58. The first kappa shape index (κ1) is 21.9. The van der Waals surface area contributed by atoms with Gasteiger partial charge in [0.25, 0.3) is 0 Å². The van der Waals surface area contributed by atoms with Crippen LogP contribution in [0.5, 0.6) is 5.75 Å². The average Bonchev–Trinajstić information content (AvgIpc) is 3.30. The van der Waals surface area contributed by atoms with Gasteiger partial charge in [-0.15, -0.1) is 0 Å². The number of rotatable bonds is 5. The molecule has 0 saturated carbocycles. The van der Waals surface area contributed by atoms with E-state index in [9.17, 15) is 17.9 Å². The fourth-order valence-electron chi connectivity index (χ4n) is 5.11. The zero-order chi connectivity index (χ0) is 23.2. The van der Waals surface area contributed by atoms with Gasteiger partial charge < -0.3 is 15.2 Å². The molecule has 2 aliphatic rings. The normalized spacial score (nSPS) is 22.3. The van der Waals surface area contributed by atoms with E-state index < -0.39 is 16.1 Å². The lowest BCUT2D eigenvalue weighted by molar-refractivity contribution is 0.210. The number of benzene rings is 3. The van der Waals surface area contributed by atoms with Gasteiger partial charge in [0.1, 0.15) is 16.5 Å². The quantitative estimate of drug-likeness (QED) is 0.591. The highest BCUT2D eigenvalue weighted by Crippen LogP contribution is 2.49. The molecule has 2 aliphatic heterocycles. The van der Waals surface area contributed by atoms with Crippen LogP contribution in [0.3, 0.4) is 0 Å². The Labute approximate surface area is 192 Å². The largest absolute Gasteiger partial charge is 0.495 e. The first-order chi connectivity index (χ1) is 16.0. The summed E-state index contributed by atoms with van der Waals surface area (Å²) in [6.45, 7) is 0.204. The SMILES string of the molecule is COc1ccccc1S(=O)(=O)N1CC[C@@H]2[C@H](CO)Nc3ccc(-c4ccccc4F)cc3[C@@H]21. The summed E-state index contributed by atoms with van der Waals surface area (Å²) in [7, 11) is -2.44. The van der Waals surface area contributed by atoms with Crippen LogP contribution in [0.25, 0.3) is 11.1 Å². The molecule has 3 aromatic carbocycles. The van der Waals surface area contributed by atoms with Gasteiger partial charge >= 0.3 is 0 Å². The standard InChI is InChI=1S/C25H25FN2O4S/c1-32-23-8-4-5-9-24(23)33(30,31)28-13-12-18-22(15-29)27-21-11-10-16(14-19(21)25(18)28)17-6-2-3-7-20(17)26/h2-11,14,18,22,25,27,29H,12-13,15H2,1H3/t18-,22+,25-/m1/s1. The Morgan fingerprint density at radius 3 is 2.64 bits per heavy atom. The molecule has 172 valence electrons. The van der Waals surface area contributed by atoms with Crippen LogP contribution in [0.1, 0.15) is 18.0 Å². The molecule has 2 heterocycles. The predicted molar refractivity (Wildman–Crippen MR) is 124 cm³/mol. The minimum Gasteiger partial charge on any atom is -0.495 e. The lowest BCUT2D eigenvalue weighted by Gasteiger charge is -2.39. The summed E-state index contributed by atoms with van der Waals surface area (Å²) in [4.78, 5) is 0.110. The van der Waals surface area contributed by atoms with Crippen molar-refractivity contribution >= 4 is 15.7 Å². The van der Waals surface area contributed by atoms with Crippen molar-refractivity contribution in [2.75, 3.05) is 25.6 Å². The number of aliphatic hydroxyl groups is 1. The van der Waals surface area contributed by atoms with Gasteiger partial charge in [0.05, 0.1) is 25.8 Å². The highest BCUT2D eigenvalue weighted by Gasteiger charge is 2.49. The van der Waals surface area contributed by atoms with Crippen molar-refractivity contribution in [2.45, 2.75) is 23.4 Å². The van der Waals surface area contributed by atoms with Gasteiger partial charge in [-0.25, -0.2) is 12.8 Å². The van der Waals surface area contributed by atoms with E-state index in [1.807, 2.05) is 18.2 Å². The Morgan fingerprint density at radius 2 is 1.88 bits per heavy atom. The molecule has 33 heavy (non-hydrogen) atoms. The number of aliphatic hydroxyl groups excluding tert-OH is 1. The third-order valence-electron chi connectivity index (χ3n) is 6.66. The molecule has 0 bridgehead atoms. The van der Waals surface area contributed by atoms with Crippen LogP contribution in [0, 0.1) is 11.7 Å². The fraction of sp³-hybridized carbons (Fsp3) is 0.280. The van der Waals surface area contributed by atoms with Gasteiger partial charge in [-0.1, -0.05) is 36.4 Å². The van der Waals surface area contributed by atoms with Crippen molar-refractivity contribution < 1.29 is 22.7 Å². The van der Waals surface area contributed by atoms with Crippen LogP contribution in [-0.2, 0) is 10.0 Å². The van der Waals surface area contributed by atoms with Crippen LogP contribution in [-0.4, -0.2) is 44.1 Å². The zero-order valence-corrected chi connectivity index (χ0v) is 18.9. The summed E-state index contributed by atoms with van der Waals surface area (Å²) >= 11 is 0. The second-order valence-corrected chi connectivity index (χ2v) is 10.2. The van der Waals surface area contributed by atoms with Crippen molar-refractivity contribution in [3.05, 3.63) is 78.1 Å². The number of hydrogen-bond donors (Lipinski definition) is 2. The number of anilines is 1. The van der Waals surface area contributed by atoms with Gasteiger partial charge in [-0.2, -0.15) is 4.31 Å². The number of sulfonamides is 1. The van der Waals surface area contributed by atoms with Gasteiger partial charge in [0.2, 0.25) is 10.0 Å². The topological polar surface area (TPSA) is 78.9 Å². The van der Waals surface area contributed by atoms with Gasteiger partial charge in [-0.05, 0) is 47.9 Å². The van der Waals surface area contributed by atoms with E-state index in [0.717, 1.165) is 11.3 Å². The maximum atomic E-state index is 14.5. The van der Waals surface area contributed by atoms with Gasteiger partial charge in [-0.3, -0.25) is 0 Å². The Morgan fingerprint density at radius 1 is 1.12 bits per heavy atom. The monoisotopic (exact) mass is 468 g/mol. The first-order valence-corrected chi connectivity index (χ1v) is 12.3. The summed E-state index contributed by atoms with van der Waals surface area (Å²) in [5, 5.41) is 13.4. The molecule has 0 spiro atoms. The van der Waals surface area contributed by atoms with Crippen molar-refractivity contribution in [1.29, 1.82) is 0 Å². The van der Waals surface area contributed by atoms with E-state index in [4.69, 9.17) is 4.74 Å². The molecule has 1 fully saturated rings. The summed E-state index contributed by atoms with van der Waals surface area (Å²) in [5.41, 5.74) is 2.66. The summed E-state index contributed by atoms with van der Waals surface area (Å²) in [6.07, 6.45) is 0.598. The second kappa shape index (κ2) is 8.44. The number of halogens is 1. The first-order valence-electron chi connectivity index (χ1n) is 10.9. The van der Waals surface area contributed by atoms with E-state index in [2.05, 4.69) is 5.32 Å². The van der Waals surface area contributed by atoms with E-state index in [0.29, 0.717) is 24.1 Å². The Hall–Kier alpha value is -2.94. The molecule has 3 atom stereocenters. The summed E-state index contributed by atoms with van der Waals surface area (Å²) in [5.74, 6) is -0.173. The maximum absolute atomic E-state index is 14.5. The Bertz CT molecular complexity index is 1300. The molecule has 1 saturated heterocycles. The van der Waals surface area contributed by atoms with Crippen LogP contribution in [0.15, 0.2) is 71.6 Å². The molecule has 6 nitrogen and oxygen atoms in total. The molecule has 0 aromatic heterocycles. The van der Waals surface area contributed by atoms with E-state index in [1.165, 1.54) is 17.5 Å². The molecule has 0 amide bonds. The number of ether oxygens (including phenoxy) is 1. The highest BCUT2D eigenvalue weighted by molar-refractivity contribution is 7.89. The summed E-state index contributed by atoms with van der Waals surface area (Å²) < 4.78 is 48.9. The lowest BCUT2D eigenvalue weighted by atomic mass is 9.82. The van der Waals surface area contributed by atoms with Crippen LogP contribution in [0.2, 0.25) is 0 Å². The molecule has 2 N–H and O–H groups in total. The average molecular weight is 469 g/mol. The number of para-hydroxylation sites is 1. The molecular weight excluding hydrogens is 443 g/mol. The van der Waals surface area contributed by atoms with Crippen LogP contribution < -0.4 is 10.1 Å². The minimum absolute atomic E-state index is 0.110.